The Morgan fingerprint density at radius 1 is 1.13 bits per heavy atom. The van der Waals surface area contributed by atoms with Crippen LogP contribution in [0.25, 0.3) is 0 Å². The summed E-state index contributed by atoms with van der Waals surface area (Å²) >= 11 is 0. The highest BCUT2D eigenvalue weighted by atomic mass is 16.1. The molecule has 0 unspecified atom stereocenters. The van der Waals surface area contributed by atoms with Crippen LogP contribution in [0, 0.1) is 0 Å². The van der Waals surface area contributed by atoms with Crippen LogP contribution in [0.2, 0.25) is 0 Å². The standard InChI is InChI=1S/C14H20O/c1-11(15)5-6-12-7-9-13(10-8-12)14(2,3)4/h7-10H,5-6H2,1-4H3. The van der Waals surface area contributed by atoms with E-state index in [0.29, 0.717) is 6.42 Å². The number of carbonyl (C=O) groups is 1. The predicted octanol–water partition coefficient (Wildman–Crippen LogP) is 3.51. The van der Waals surface area contributed by atoms with Crippen molar-refractivity contribution in [3.05, 3.63) is 35.4 Å². The fourth-order valence-electron chi connectivity index (χ4n) is 1.49. The molecule has 0 saturated carbocycles. The van der Waals surface area contributed by atoms with Gasteiger partial charge in [-0.2, -0.15) is 0 Å². The van der Waals surface area contributed by atoms with E-state index in [1.54, 1.807) is 6.92 Å². The van der Waals surface area contributed by atoms with Crippen molar-refractivity contribution >= 4 is 5.78 Å². The summed E-state index contributed by atoms with van der Waals surface area (Å²) < 4.78 is 0. The molecule has 0 spiro atoms. The van der Waals surface area contributed by atoms with Gasteiger partial charge in [0.15, 0.2) is 0 Å². The number of carbonyl (C=O) groups excluding carboxylic acids is 1. The molecule has 1 nitrogen and oxygen atoms in total. The van der Waals surface area contributed by atoms with Crippen LogP contribution >= 0.6 is 0 Å². The fraction of sp³-hybridized carbons (Fsp3) is 0.500. The topological polar surface area (TPSA) is 17.1 Å². The maximum Gasteiger partial charge on any atom is 0.130 e. The molecule has 0 N–H and O–H groups in total. The number of Topliss-reactive ketones (excluding diaryl/α,β-unsaturated/α-hetero) is 1. The van der Waals surface area contributed by atoms with Gasteiger partial charge >= 0.3 is 0 Å². The van der Waals surface area contributed by atoms with E-state index in [-0.39, 0.29) is 11.2 Å². The minimum atomic E-state index is 0.207. The average Bonchev–Trinajstić information content (AvgIpc) is 2.14. The molecule has 0 aliphatic heterocycles. The fourth-order valence-corrected chi connectivity index (χ4v) is 1.49. The van der Waals surface area contributed by atoms with Gasteiger partial charge in [0.25, 0.3) is 0 Å². The summed E-state index contributed by atoms with van der Waals surface area (Å²) in [6, 6.07) is 8.58. The lowest BCUT2D eigenvalue weighted by Gasteiger charge is -2.19. The maximum absolute atomic E-state index is 10.8. The van der Waals surface area contributed by atoms with Gasteiger partial charge < -0.3 is 4.79 Å². The zero-order chi connectivity index (χ0) is 11.5. The molecular weight excluding hydrogens is 184 g/mol. The van der Waals surface area contributed by atoms with E-state index in [9.17, 15) is 4.79 Å². The molecule has 0 aromatic heterocycles. The Bertz CT molecular complexity index is 327. The number of aryl methyl sites for hydroxylation is 1. The van der Waals surface area contributed by atoms with Crippen molar-refractivity contribution in [3.8, 4) is 0 Å². The zero-order valence-corrected chi connectivity index (χ0v) is 10.1. The Morgan fingerprint density at radius 2 is 1.67 bits per heavy atom. The molecule has 82 valence electrons. The normalized spacial score (nSPS) is 11.5. The summed E-state index contributed by atoms with van der Waals surface area (Å²) in [6.45, 7) is 8.26. The van der Waals surface area contributed by atoms with E-state index in [0.717, 1.165) is 6.42 Å². The molecule has 0 aliphatic rings. The molecule has 0 amide bonds. The van der Waals surface area contributed by atoms with Gasteiger partial charge in [-0.1, -0.05) is 45.0 Å². The van der Waals surface area contributed by atoms with E-state index >= 15 is 0 Å². The first-order chi connectivity index (χ1) is 6.89. The second-order valence-corrected chi connectivity index (χ2v) is 5.15. The monoisotopic (exact) mass is 204 g/mol. The molecule has 0 heterocycles. The van der Waals surface area contributed by atoms with Crippen LogP contribution < -0.4 is 0 Å². The first-order valence-electron chi connectivity index (χ1n) is 5.48. The number of rotatable bonds is 3. The third kappa shape index (κ3) is 3.86. The molecule has 0 atom stereocenters. The van der Waals surface area contributed by atoms with Gasteiger partial charge in [-0.15, -0.1) is 0 Å². The predicted molar refractivity (Wildman–Crippen MR) is 64.1 cm³/mol. The highest BCUT2D eigenvalue weighted by molar-refractivity contribution is 5.75. The summed E-state index contributed by atoms with van der Waals surface area (Å²) in [5.74, 6) is 0.259. The molecule has 0 aliphatic carbocycles. The lowest BCUT2D eigenvalue weighted by Crippen LogP contribution is -2.10. The molecule has 0 fully saturated rings. The molecule has 1 heteroatoms. The lowest BCUT2D eigenvalue weighted by molar-refractivity contribution is -0.116. The van der Waals surface area contributed by atoms with E-state index in [2.05, 4.69) is 45.0 Å². The van der Waals surface area contributed by atoms with E-state index in [1.165, 1.54) is 11.1 Å². The number of hydrogen-bond donors (Lipinski definition) is 0. The van der Waals surface area contributed by atoms with Crippen LogP contribution in [0.3, 0.4) is 0 Å². The molecule has 15 heavy (non-hydrogen) atoms. The Morgan fingerprint density at radius 3 is 2.07 bits per heavy atom. The van der Waals surface area contributed by atoms with Crippen LogP contribution in [0.1, 0.15) is 45.2 Å². The van der Waals surface area contributed by atoms with Crippen LogP contribution in [0.4, 0.5) is 0 Å². The van der Waals surface area contributed by atoms with Crippen molar-refractivity contribution in [1.29, 1.82) is 0 Å². The summed E-state index contributed by atoms with van der Waals surface area (Å²) in [5, 5.41) is 0. The van der Waals surface area contributed by atoms with Crippen molar-refractivity contribution in [2.75, 3.05) is 0 Å². The highest BCUT2D eigenvalue weighted by Gasteiger charge is 2.12. The van der Waals surface area contributed by atoms with Crippen LogP contribution in [0.5, 0.6) is 0 Å². The minimum absolute atomic E-state index is 0.207. The molecule has 1 aromatic rings. The lowest BCUT2D eigenvalue weighted by atomic mass is 9.86. The van der Waals surface area contributed by atoms with Crippen molar-refractivity contribution in [2.45, 2.75) is 46.0 Å². The number of benzene rings is 1. The van der Waals surface area contributed by atoms with Crippen LogP contribution in [-0.2, 0) is 16.6 Å². The second kappa shape index (κ2) is 4.61. The van der Waals surface area contributed by atoms with Gasteiger partial charge in [0, 0.05) is 6.42 Å². The molecule has 0 radical (unpaired) electrons. The Hall–Kier alpha value is -1.11. The summed E-state index contributed by atoms with van der Waals surface area (Å²) in [5.41, 5.74) is 2.80. The van der Waals surface area contributed by atoms with Gasteiger partial charge in [0.05, 0.1) is 0 Å². The van der Waals surface area contributed by atoms with E-state index < -0.39 is 0 Å². The number of hydrogen-bond acceptors (Lipinski definition) is 1. The van der Waals surface area contributed by atoms with Gasteiger partial charge in [0.1, 0.15) is 5.78 Å². The largest absolute Gasteiger partial charge is 0.300 e. The first-order valence-corrected chi connectivity index (χ1v) is 5.48. The SMILES string of the molecule is CC(=O)CCc1ccc(C(C)(C)C)cc1. The molecule has 1 aromatic carbocycles. The third-order valence-corrected chi connectivity index (χ3v) is 2.59. The van der Waals surface area contributed by atoms with E-state index in [1.807, 2.05) is 0 Å². The molecule has 0 saturated heterocycles. The van der Waals surface area contributed by atoms with Gasteiger partial charge in [-0.05, 0) is 29.9 Å². The van der Waals surface area contributed by atoms with Crippen molar-refractivity contribution in [2.24, 2.45) is 0 Å². The van der Waals surface area contributed by atoms with Crippen LogP contribution in [-0.4, -0.2) is 5.78 Å². The highest BCUT2D eigenvalue weighted by Crippen LogP contribution is 2.22. The maximum atomic E-state index is 10.8. The quantitative estimate of drug-likeness (QED) is 0.736. The summed E-state index contributed by atoms with van der Waals surface area (Å²) in [6.07, 6.45) is 1.51. The minimum Gasteiger partial charge on any atom is -0.300 e. The third-order valence-electron chi connectivity index (χ3n) is 2.59. The molecule has 0 bridgehead atoms. The zero-order valence-electron chi connectivity index (χ0n) is 10.1. The molecule has 1 rings (SSSR count). The van der Waals surface area contributed by atoms with Crippen molar-refractivity contribution in [1.82, 2.24) is 0 Å². The molecular formula is C14H20O. The summed E-state index contributed by atoms with van der Waals surface area (Å²) in [4.78, 5) is 10.8. The average molecular weight is 204 g/mol. The Kier molecular flexibility index (Phi) is 3.67. The van der Waals surface area contributed by atoms with Gasteiger partial charge in [0.2, 0.25) is 0 Å². The second-order valence-electron chi connectivity index (χ2n) is 5.15. The van der Waals surface area contributed by atoms with Gasteiger partial charge in [-0.3, -0.25) is 0 Å². The van der Waals surface area contributed by atoms with Crippen LogP contribution in [0.15, 0.2) is 24.3 Å². The summed E-state index contributed by atoms with van der Waals surface area (Å²) in [7, 11) is 0. The van der Waals surface area contributed by atoms with E-state index in [4.69, 9.17) is 0 Å². The smallest absolute Gasteiger partial charge is 0.130 e. The van der Waals surface area contributed by atoms with Gasteiger partial charge in [-0.25, -0.2) is 0 Å². The van der Waals surface area contributed by atoms with Crippen molar-refractivity contribution in [3.63, 3.8) is 0 Å². The Balaban J connectivity index is 2.69. The van der Waals surface area contributed by atoms with Crippen molar-refractivity contribution < 1.29 is 4.79 Å². The Labute approximate surface area is 92.5 Å². The first kappa shape index (κ1) is 12.0. The number of ketones is 1.